The lowest BCUT2D eigenvalue weighted by molar-refractivity contribution is -0.107. The van der Waals surface area contributed by atoms with E-state index in [9.17, 15) is 9.59 Å². The fourth-order valence-corrected chi connectivity index (χ4v) is 3.96. The summed E-state index contributed by atoms with van der Waals surface area (Å²) in [7, 11) is 3.13. The number of nitrogens with one attached hydrogen (secondary N) is 2. The molecule has 0 fully saturated rings. The number of hydrogen-bond acceptors (Lipinski definition) is 7. The Labute approximate surface area is 217 Å². The van der Waals surface area contributed by atoms with Crippen LogP contribution in [0.3, 0.4) is 0 Å². The molecule has 38 heavy (non-hydrogen) atoms. The fraction of sp³-hybridized carbons (Fsp3) is 0.0714. The number of ether oxygens (including phenoxy) is 3. The lowest BCUT2D eigenvalue weighted by Crippen LogP contribution is -2.44. The number of hydrogen-bond donors (Lipinski definition) is 2. The number of nitrogens with zero attached hydrogens (tertiary/aromatic N) is 3. The minimum Gasteiger partial charge on any atom is -0.493 e. The Balaban J connectivity index is 1.29. The van der Waals surface area contributed by atoms with E-state index in [2.05, 4.69) is 20.7 Å². The molecule has 0 saturated carbocycles. The van der Waals surface area contributed by atoms with Crippen molar-refractivity contribution in [1.82, 2.24) is 15.4 Å². The molecule has 0 radical (unpaired) electrons. The molecule has 0 aliphatic carbocycles. The predicted octanol–water partition coefficient (Wildman–Crippen LogP) is 5.29. The van der Waals surface area contributed by atoms with E-state index in [1.807, 2.05) is 12.1 Å². The van der Waals surface area contributed by atoms with Crippen LogP contribution < -0.4 is 30.0 Å². The van der Waals surface area contributed by atoms with Crippen LogP contribution in [-0.2, 0) is 4.79 Å². The van der Waals surface area contributed by atoms with Crippen LogP contribution in [0.5, 0.6) is 23.0 Å². The van der Waals surface area contributed by atoms with Crippen molar-refractivity contribution in [3.8, 4) is 23.0 Å². The molecule has 190 valence electrons. The maximum atomic E-state index is 12.6. The molecule has 0 atom stereocenters. The maximum Gasteiger partial charge on any atom is 0.338 e. The van der Waals surface area contributed by atoms with Crippen molar-refractivity contribution in [1.29, 1.82) is 0 Å². The van der Waals surface area contributed by atoms with Crippen molar-refractivity contribution >= 4 is 45.6 Å². The quantitative estimate of drug-likeness (QED) is 0.216. The van der Waals surface area contributed by atoms with Crippen LogP contribution in [0.1, 0.15) is 0 Å². The number of methoxy groups -OCH3 is 2. The smallest absolute Gasteiger partial charge is 0.338 e. The number of aromatic nitrogens is 2. The highest BCUT2D eigenvalue weighted by Gasteiger charge is 2.14. The van der Waals surface area contributed by atoms with Gasteiger partial charge in [0.1, 0.15) is 11.5 Å². The number of pyridine rings is 2. The second-order valence-corrected chi connectivity index (χ2v) is 8.05. The first-order valence-electron chi connectivity index (χ1n) is 11.5. The molecular formula is C28H23N5O5. The molecule has 3 amide bonds. The van der Waals surface area contributed by atoms with E-state index in [0.717, 1.165) is 15.8 Å². The Morgan fingerprint density at radius 3 is 2.39 bits per heavy atom. The van der Waals surface area contributed by atoms with Crippen molar-refractivity contribution in [2.45, 2.75) is 0 Å². The largest absolute Gasteiger partial charge is 0.493 e. The summed E-state index contributed by atoms with van der Waals surface area (Å²) in [5.74, 6) is 2.27. The normalized spacial score (nSPS) is 10.6. The second-order valence-electron chi connectivity index (χ2n) is 8.05. The van der Waals surface area contributed by atoms with E-state index in [0.29, 0.717) is 51.8 Å². The van der Waals surface area contributed by atoms with E-state index in [1.165, 1.54) is 0 Å². The molecule has 5 aromatic rings. The van der Waals surface area contributed by atoms with Crippen molar-refractivity contribution < 1.29 is 23.8 Å². The van der Waals surface area contributed by atoms with Crippen LogP contribution in [0, 0.1) is 0 Å². The summed E-state index contributed by atoms with van der Waals surface area (Å²) in [6.45, 7) is 0. The van der Waals surface area contributed by atoms with Crippen molar-refractivity contribution in [3.05, 3.63) is 85.2 Å². The van der Waals surface area contributed by atoms with E-state index in [4.69, 9.17) is 14.2 Å². The lowest BCUT2D eigenvalue weighted by Gasteiger charge is -2.20. The van der Waals surface area contributed by atoms with Crippen LogP contribution in [0.25, 0.3) is 21.8 Å². The molecule has 0 aliphatic heterocycles. The van der Waals surface area contributed by atoms with Crippen LogP contribution >= 0.6 is 0 Å². The number of carbonyl (C=O) groups excluding carboxylic acids is 2. The SMILES string of the molecule is COc1cc2nccc(Oc3ccc(NC(=O)NN(C=O)c4cccc5cccnc45)cc3)c2cc1OC. The third-order valence-corrected chi connectivity index (χ3v) is 5.75. The molecule has 0 saturated heterocycles. The summed E-state index contributed by atoms with van der Waals surface area (Å²) in [4.78, 5) is 33.1. The Kier molecular flexibility index (Phi) is 6.85. The minimum atomic E-state index is -0.597. The molecule has 2 aromatic heterocycles. The monoisotopic (exact) mass is 509 g/mol. The molecule has 10 heteroatoms. The number of amides is 3. The van der Waals surface area contributed by atoms with Gasteiger partial charge in [-0.25, -0.2) is 15.2 Å². The van der Waals surface area contributed by atoms with Gasteiger partial charge in [0.15, 0.2) is 11.5 Å². The summed E-state index contributed by atoms with van der Waals surface area (Å²) in [5.41, 5.74) is 4.77. The summed E-state index contributed by atoms with van der Waals surface area (Å²) >= 11 is 0. The van der Waals surface area contributed by atoms with Gasteiger partial charge in [0.2, 0.25) is 6.41 Å². The number of anilines is 2. The third-order valence-electron chi connectivity index (χ3n) is 5.75. The number of para-hydroxylation sites is 1. The van der Waals surface area contributed by atoms with Gasteiger partial charge in [0, 0.05) is 34.9 Å². The third kappa shape index (κ3) is 4.96. The molecule has 2 heterocycles. The average Bonchev–Trinajstić information content (AvgIpc) is 2.96. The molecule has 3 aromatic carbocycles. The highest BCUT2D eigenvalue weighted by molar-refractivity contribution is 5.99. The zero-order valence-corrected chi connectivity index (χ0v) is 20.5. The molecule has 0 bridgehead atoms. The first-order valence-corrected chi connectivity index (χ1v) is 11.5. The Bertz CT molecular complexity index is 1620. The molecule has 10 nitrogen and oxygen atoms in total. The van der Waals surface area contributed by atoms with Crippen molar-refractivity contribution in [2.75, 3.05) is 24.5 Å². The number of benzene rings is 3. The Hall–Kier alpha value is -5.38. The predicted molar refractivity (Wildman–Crippen MR) is 144 cm³/mol. The van der Waals surface area contributed by atoms with Gasteiger partial charge in [-0.05, 0) is 48.5 Å². The van der Waals surface area contributed by atoms with Crippen molar-refractivity contribution in [3.63, 3.8) is 0 Å². The van der Waals surface area contributed by atoms with Gasteiger partial charge in [-0.2, -0.15) is 0 Å². The number of fused-ring (bicyclic) bond motifs is 2. The number of rotatable bonds is 8. The fourth-order valence-electron chi connectivity index (χ4n) is 3.96. The zero-order valence-electron chi connectivity index (χ0n) is 20.5. The van der Waals surface area contributed by atoms with Gasteiger partial charge in [0.05, 0.1) is 30.9 Å². The molecule has 0 unspecified atom stereocenters. The number of carbonyl (C=O) groups is 2. The molecular weight excluding hydrogens is 486 g/mol. The zero-order chi connectivity index (χ0) is 26.5. The Morgan fingerprint density at radius 2 is 1.63 bits per heavy atom. The summed E-state index contributed by atoms with van der Waals surface area (Å²) < 4.78 is 16.8. The molecule has 2 N–H and O–H groups in total. The second kappa shape index (κ2) is 10.7. The van der Waals surface area contributed by atoms with Gasteiger partial charge in [-0.15, -0.1) is 0 Å². The topological polar surface area (TPSA) is 115 Å². The molecule has 0 spiro atoms. The highest BCUT2D eigenvalue weighted by atomic mass is 16.5. The first-order chi connectivity index (χ1) is 18.6. The van der Waals surface area contributed by atoms with Crippen LogP contribution in [-0.4, -0.2) is 36.6 Å². The van der Waals surface area contributed by atoms with Gasteiger partial charge >= 0.3 is 6.03 Å². The van der Waals surface area contributed by atoms with Crippen LogP contribution in [0.4, 0.5) is 16.2 Å². The van der Waals surface area contributed by atoms with Gasteiger partial charge in [-0.3, -0.25) is 14.8 Å². The van der Waals surface area contributed by atoms with Gasteiger partial charge < -0.3 is 19.5 Å². The molecule has 0 aliphatic rings. The number of hydrazine groups is 1. The van der Waals surface area contributed by atoms with Crippen LogP contribution in [0.2, 0.25) is 0 Å². The number of urea groups is 1. The van der Waals surface area contributed by atoms with E-state index < -0.39 is 6.03 Å². The Morgan fingerprint density at radius 1 is 0.868 bits per heavy atom. The summed E-state index contributed by atoms with van der Waals surface area (Å²) in [5, 5.41) is 5.38. The van der Waals surface area contributed by atoms with Gasteiger partial charge in [-0.1, -0.05) is 18.2 Å². The lowest BCUT2D eigenvalue weighted by atomic mass is 10.2. The summed E-state index contributed by atoms with van der Waals surface area (Å²) in [6.07, 6.45) is 3.79. The minimum absolute atomic E-state index is 0.454. The standard InChI is InChI=1S/C28H23N5O5/c1-36-25-15-21-22(16-26(25)37-2)29-14-12-24(21)38-20-10-8-19(9-11-20)31-28(35)32-33(17-34)23-7-3-5-18-6-4-13-30-27(18)23/h3-17H,1-2H3,(H2,31,32,35). The highest BCUT2D eigenvalue weighted by Crippen LogP contribution is 2.37. The van der Waals surface area contributed by atoms with Gasteiger partial charge in [0.25, 0.3) is 0 Å². The van der Waals surface area contributed by atoms with E-state index in [-0.39, 0.29) is 0 Å². The van der Waals surface area contributed by atoms with E-state index in [1.54, 1.807) is 87.3 Å². The average molecular weight is 510 g/mol. The maximum absolute atomic E-state index is 12.6. The molecule has 5 rings (SSSR count). The van der Waals surface area contributed by atoms with Crippen LogP contribution in [0.15, 0.2) is 85.2 Å². The van der Waals surface area contributed by atoms with Crippen molar-refractivity contribution in [2.24, 2.45) is 0 Å². The first kappa shape index (κ1) is 24.3. The summed E-state index contributed by atoms with van der Waals surface area (Å²) in [6, 6.07) is 20.6. The van der Waals surface area contributed by atoms with E-state index >= 15 is 0 Å².